The zero-order chi connectivity index (χ0) is 31.1. The van der Waals surface area contributed by atoms with Crippen molar-refractivity contribution in [2.45, 2.75) is 12.4 Å². The lowest BCUT2D eigenvalue weighted by Gasteiger charge is -2.24. The highest BCUT2D eigenvalue weighted by Crippen LogP contribution is 2.41. The highest BCUT2D eigenvalue weighted by Gasteiger charge is 2.37. The zero-order valence-electron chi connectivity index (χ0n) is 21.7. The Kier molecular flexibility index (Phi) is 7.38. The molecule has 4 aromatic carbocycles. The Morgan fingerprint density at radius 1 is 0.744 bits per heavy atom. The number of para-hydroxylation sites is 1. The largest absolute Gasteiger partial charge is 0.419 e. The summed E-state index contributed by atoms with van der Waals surface area (Å²) < 4.78 is 97.0. The van der Waals surface area contributed by atoms with Crippen molar-refractivity contribution in [1.29, 1.82) is 0 Å². The second-order valence-electron chi connectivity index (χ2n) is 9.30. The number of hydrogen-bond donors (Lipinski definition) is 1. The van der Waals surface area contributed by atoms with Crippen molar-refractivity contribution in [3.63, 3.8) is 0 Å². The first kappa shape index (κ1) is 29.2. The van der Waals surface area contributed by atoms with Crippen LogP contribution < -0.4 is 10.6 Å². The van der Waals surface area contributed by atoms with Gasteiger partial charge in [0.05, 0.1) is 28.0 Å². The maximum Gasteiger partial charge on any atom is 0.419 e. The van der Waals surface area contributed by atoms with E-state index < -0.39 is 52.3 Å². The lowest BCUT2D eigenvalue weighted by atomic mass is 9.91. The molecule has 1 heterocycles. The van der Waals surface area contributed by atoms with Gasteiger partial charge < -0.3 is 5.73 Å². The van der Waals surface area contributed by atoms with Gasteiger partial charge in [-0.05, 0) is 35.9 Å². The molecule has 5 nitrogen and oxygen atoms in total. The second-order valence-corrected chi connectivity index (χ2v) is 9.30. The molecule has 12 heteroatoms. The van der Waals surface area contributed by atoms with Gasteiger partial charge in [0.2, 0.25) is 0 Å². The third-order valence-electron chi connectivity index (χ3n) is 6.62. The molecule has 0 aliphatic carbocycles. The van der Waals surface area contributed by atoms with E-state index in [0.717, 1.165) is 30.5 Å². The van der Waals surface area contributed by atoms with Crippen molar-refractivity contribution in [3.05, 3.63) is 125 Å². The Morgan fingerprint density at radius 2 is 1.37 bits per heavy atom. The van der Waals surface area contributed by atoms with E-state index in [-0.39, 0.29) is 33.3 Å². The van der Waals surface area contributed by atoms with Gasteiger partial charge in [0, 0.05) is 28.3 Å². The van der Waals surface area contributed by atoms with E-state index in [1.807, 2.05) is 0 Å². The van der Waals surface area contributed by atoms with E-state index >= 15 is 4.39 Å². The Morgan fingerprint density at radius 3 is 2.02 bits per heavy atom. The second kappa shape index (κ2) is 10.9. The van der Waals surface area contributed by atoms with Crippen LogP contribution >= 0.6 is 0 Å². The number of halogens is 7. The lowest BCUT2D eigenvalue weighted by molar-refractivity contribution is -0.140. The number of amides is 2. The number of aromatic nitrogens is 1. The molecular formula is C31H18F7N3O2. The number of primary amides is 1. The molecule has 0 radical (unpaired) electrons. The maximum atomic E-state index is 15.1. The normalized spacial score (nSPS) is 11.9. The first-order valence-electron chi connectivity index (χ1n) is 12.4. The number of carbonyl (C=O) groups is 2. The molecule has 2 N–H and O–H groups in total. The van der Waals surface area contributed by atoms with Gasteiger partial charge in [-0.2, -0.15) is 26.3 Å². The summed E-state index contributed by atoms with van der Waals surface area (Å²) in [4.78, 5) is 30.6. The molecule has 5 aromatic rings. The van der Waals surface area contributed by atoms with Crippen molar-refractivity contribution in [1.82, 2.24) is 4.98 Å². The number of nitrogens with zero attached hydrogens (tertiary/aromatic N) is 2. The fraction of sp³-hybridized carbons (Fsp3) is 0.0645. The van der Waals surface area contributed by atoms with Gasteiger partial charge in [-0.25, -0.2) is 9.18 Å². The summed E-state index contributed by atoms with van der Waals surface area (Å²) in [6.45, 7) is 0. The smallest absolute Gasteiger partial charge is 0.351 e. The lowest BCUT2D eigenvalue weighted by Crippen LogP contribution is -2.32. The molecule has 0 unspecified atom stereocenters. The molecule has 0 saturated carbocycles. The molecular weight excluding hydrogens is 579 g/mol. The molecule has 2 amide bonds. The molecule has 0 spiro atoms. The number of nitrogens with two attached hydrogens (primary N) is 1. The Balaban J connectivity index is 1.78. The number of fused-ring (bicyclic) bond motifs is 1. The molecule has 1 aromatic heterocycles. The highest BCUT2D eigenvalue weighted by molar-refractivity contribution is 6.17. The van der Waals surface area contributed by atoms with Crippen molar-refractivity contribution in [2.24, 2.45) is 5.73 Å². The van der Waals surface area contributed by atoms with Crippen LogP contribution in [-0.2, 0) is 12.4 Å². The van der Waals surface area contributed by atoms with Crippen LogP contribution in [0.1, 0.15) is 27.0 Å². The van der Waals surface area contributed by atoms with Crippen molar-refractivity contribution in [2.75, 3.05) is 4.90 Å². The van der Waals surface area contributed by atoms with Crippen molar-refractivity contribution >= 4 is 34.1 Å². The Labute approximate surface area is 239 Å². The van der Waals surface area contributed by atoms with Gasteiger partial charge in [0.15, 0.2) is 11.6 Å². The van der Waals surface area contributed by atoms with Gasteiger partial charge in [-0.1, -0.05) is 60.7 Å². The number of rotatable bonds is 5. The van der Waals surface area contributed by atoms with Crippen LogP contribution in [0.25, 0.3) is 22.0 Å². The average Bonchev–Trinajstić information content (AvgIpc) is 2.96. The summed E-state index contributed by atoms with van der Waals surface area (Å²) in [6, 6.07) is 17.4. The maximum absolute atomic E-state index is 15.1. The fourth-order valence-electron chi connectivity index (χ4n) is 4.78. The molecule has 5 rings (SSSR count). The minimum absolute atomic E-state index is 0.000683. The van der Waals surface area contributed by atoms with E-state index in [1.54, 1.807) is 18.2 Å². The topological polar surface area (TPSA) is 76.3 Å². The molecule has 218 valence electrons. The Bertz CT molecular complexity index is 1870. The molecule has 0 atom stereocenters. The molecule has 0 saturated heterocycles. The summed E-state index contributed by atoms with van der Waals surface area (Å²) >= 11 is 0. The molecule has 0 bridgehead atoms. The van der Waals surface area contributed by atoms with E-state index in [0.29, 0.717) is 11.0 Å². The van der Waals surface area contributed by atoms with E-state index in [4.69, 9.17) is 5.73 Å². The van der Waals surface area contributed by atoms with Crippen molar-refractivity contribution < 1.29 is 40.3 Å². The average molecular weight is 597 g/mol. The van der Waals surface area contributed by atoms with Gasteiger partial charge in [-0.15, -0.1) is 0 Å². The van der Waals surface area contributed by atoms with Gasteiger partial charge >= 0.3 is 18.4 Å². The van der Waals surface area contributed by atoms with Crippen LogP contribution in [0.2, 0.25) is 0 Å². The van der Waals surface area contributed by atoms with Crippen LogP contribution in [0.15, 0.2) is 97.2 Å². The SMILES string of the molecule is NC(=O)N(c1cccc(-c2c(C(=O)c3ccccc3)cnc3c(C(F)(F)F)cccc23)c1)c1cccc(C(F)(F)F)c1F. The quantitative estimate of drug-likeness (QED) is 0.163. The predicted octanol–water partition coefficient (Wildman–Crippen LogP) is 8.53. The van der Waals surface area contributed by atoms with E-state index in [9.17, 15) is 35.9 Å². The van der Waals surface area contributed by atoms with E-state index in [2.05, 4.69) is 4.98 Å². The van der Waals surface area contributed by atoms with Crippen molar-refractivity contribution in [3.8, 4) is 11.1 Å². The summed E-state index contributed by atoms with van der Waals surface area (Å²) in [5, 5.41) is -0.0652. The molecule has 0 fully saturated rings. The van der Waals surface area contributed by atoms with Crippen LogP contribution in [0.3, 0.4) is 0 Å². The summed E-state index contributed by atoms with van der Waals surface area (Å²) in [6.07, 6.45) is -8.86. The summed E-state index contributed by atoms with van der Waals surface area (Å²) in [5.41, 5.74) is 1.50. The van der Waals surface area contributed by atoms with Crippen LogP contribution in [0, 0.1) is 5.82 Å². The zero-order valence-corrected chi connectivity index (χ0v) is 21.7. The third kappa shape index (κ3) is 5.51. The minimum Gasteiger partial charge on any atom is -0.351 e. The Hall–Kier alpha value is -5.26. The first-order valence-corrected chi connectivity index (χ1v) is 12.4. The predicted molar refractivity (Wildman–Crippen MR) is 145 cm³/mol. The number of hydrogen-bond acceptors (Lipinski definition) is 3. The third-order valence-corrected chi connectivity index (χ3v) is 6.62. The van der Waals surface area contributed by atoms with Crippen LogP contribution in [0.5, 0.6) is 0 Å². The standard InChI is InChI=1S/C31H18F7N3O2/c32-26-22(30(33,34)35)12-6-14-24(26)41(29(39)43)19-10-4-9-18(15-19)25-20-11-5-13-23(31(36,37)38)27(20)40-16-21(25)28(42)17-7-2-1-3-8-17/h1-16H,(H2,39,43). The molecule has 0 aliphatic heterocycles. The van der Waals surface area contributed by atoms with E-state index in [1.165, 1.54) is 42.5 Å². The van der Waals surface area contributed by atoms with Gasteiger partial charge in [0.25, 0.3) is 0 Å². The number of anilines is 2. The fourth-order valence-corrected chi connectivity index (χ4v) is 4.78. The number of benzene rings is 4. The van der Waals surface area contributed by atoms with Gasteiger partial charge in [-0.3, -0.25) is 14.7 Å². The number of carbonyl (C=O) groups excluding carboxylic acids is 2. The molecule has 43 heavy (non-hydrogen) atoms. The number of pyridine rings is 1. The molecule has 0 aliphatic rings. The number of urea groups is 1. The number of alkyl halides is 6. The minimum atomic E-state index is -5.08. The van der Waals surface area contributed by atoms with Crippen LogP contribution in [0.4, 0.5) is 46.9 Å². The summed E-state index contributed by atoms with van der Waals surface area (Å²) in [5.74, 6) is -2.34. The van der Waals surface area contributed by atoms with Gasteiger partial charge in [0.1, 0.15) is 0 Å². The number of ketones is 1. The first-order chi connectivity index (χ1) is 20.3. The summed E-state index contributed by atoms with van der Waals surface area (Å²) in [7, 11) is 0. The van der Waals surface area contributed by atoms with Crippen LogP contribution in [-0.4, -0.2) is 16.8 Å². The monoisotopic (exact) mass is 597 g/mol. The highest BCUT2D eigenvalue weighted by atomic mass is 19.4.